The number of nitrogens with one attached hydrogen (secondary N) is 1. The summed E-state index contributed by atoms with van der Waals surface area (Å²) in [6, 6.07) is 32.3. The number of rotatable bonds is 10. The Morgan fingerprint density at radius 3 is 1.93 bits per heavy atom. The van der Waals surface area contributed by atoms with E-state index in [0.717, 1.165) is 16.7 Å². The normalized spacial score (nSPS) is 18.9. The van der Waals surface area contributed by atoms with Gasteiger partial charge in [-0.15, -0.1) is 0 Å². The van der Waals surface area contributed by atoms with Crippen molar-refractivity contribution in [3.05, 3.63) is 130 Å². The molecule has 2 unspecified atom stereocenters. The van der Waals surface area contributed by atoms with E-state index in [1.807, 2.05) is 54.6 Å². The molecule has 230 valence electrons. The molecule has 0 saturated carbocycles. The largest absolute Gasteiger partial charge is 0.362 e. The van der Waals surface area contributed by atoms with Gasteiger partial charge in [0, 0.05) is 26.2 Å². The number of anilines is 1. The topological polar surface area (TPSA) is 96.8 Å². The first-order chi connectivity index (χ1) is 21.1. The molecular formula is C33H37ClN5O4P. The highest BCUT2D eigenvalue weighted by atomic mass is 35.7. The summed E-state index contributed by atoms with van der Waals surface area (Å²) >= 11 is 6.29. The molecule has 0 bridgehead atoms. The van der Waals surface area contributed by atoms with Crippen LogP contribution in [0.5, 0.6) is 0 Å². The predicted octanol–water partition coefficient (Wildman–Crippen LogP) is 5.98. The first kappa shape index (κ1) is 31.8. The number of hydrogen-bond acceptors (Lipinski definition) is 6. The molecule has 1 fully saturated rings. The fourth-order valence-electron chi connectivity index (χ4n) is 6.11. The molecule has 1 aliphatic heterocycles. The maximum absolute atomic E-state index is 13.4. The fourth-order valence-corrected chi connectivity index (χ4v) is 6.90. The third kappa shape index (κ3) is 6.72. The quantitative estimate of drug-likeness (QED) is 0.169. The van der Waals surface area contributed by atoms with Crippen molar-refractivity contribution >= 4 is 29.8 Å². The minimum absolute atomic E-state index is 0.132. The summed E-state index contributed by atoms with van der Waals surface area (Å²) in [5.74, 6) is -0.244. The lowest BCUT2D eigenvalue weighted by atomic mass is 9.73. The summed E-state index contributed by atoms with van der Waals surface area (Å²) < 4.78 is 21.8. The fraction of sp³-hybridized carbons (Fsp3) is 0.303. The average molecular weight is 634 g/mol. The number of piperidine rings is 1. The molecule has 9 nitrogen and oxygen atoms in total. The lowest BCUT2D eigenvalue weighted by molar-refractivity contribution is -0.114. The second-order valence-corrected chi connectivity index (χ2v) is 14.5. The van der Waals surface area contributed by atoms with Crippen molar-refractivity contribution in [3.63, 3.8) is 0 Å². The van der Waals surface area contributed by atoms with Crippen LogP contribution in [-0.4, -0.2) is 58.8 Å². The van der Waals surface area contributed by atoms with Crippen molar-refractivity contribution in [3.8, 4) is 0 Å². The molecule has 3 aromatic carbocycles. The molecule has 44 heavy (non-hydrogen) atoms. The van der Waals surface area contributed by atoms with Gasteiger partial charge in [0.2, 0.25) is 5.91 Å². The summed E-state index contributed by atoms with van der Waals surface area (Å²) in [6.07, 6.45) is 2.24. The number of nitrogens with zero attached hydrogens (tertiary/aromatic N) is 4. The number of benzene rings is 3. The number of amides is 1. The van der Waals surface area contributed by atoms with E-state index >= 15 is 0 Å². The molecule has 1 saturated heterocycles. The maximum atomic E-state index is 13.4. The van der Waals surface area contributed by atoms with Gasteiger partial charge in [0.15, 0.2) is 0 Å². The minimum atomic E-state index is -3.52. The summed E-state index contributed by atoms with van der Waals surface area (Å²) in [4.78, 5) is 31.5. The van der Waals surface area contributed by atoms with Crippen LogP contribution in [0.15, 0.2) is 108 Å². The van der Waals surface area contributed by atoms with Crippen LogP contribution in [0.1, 0.15) is 36.1 Å². The van der Waals surface area contributed by atoms with E-state index in [0.29, 0.717) is 19.5 Å². The molecule has 1 aromatic heterocycles. The summed E-state index contributed by atoms with van der Waals surface area (Å²) in [6.45, 7) is -0.941. The Kier molecular flexibility index (Phi) is 9.83. The van der Waals surface area contributed by atoms with Gasteiger partial charge < -0.3 is 9.84 Å². The zero-order chi connectivity index (χ0) is 31.3. The van der Waals surface area contributed by atoms with E-state index in [2.05, 4.69) is 51.6 Å². The van der Waals surface area contributed by atoms with Gasteiger partial charge in [-0.25, -0.2) is 9.46 Å². The smallest absolute Gasteiger partial charge is 0.311 e. The zero-order valence-electron chi connectivity index (χ0n) is 25.0. The van der Waals surface area contributed by atoms with Crippen molar-refractivity contribution in [1.29, 1.82) is 0 Å². The third-order valence-corrected chi connectivity index (χ3v) is 10.7. The minimum Gasteiger partial charge on any atom is -0.311 e. The average Bonchev–Trinajstić information content (AvgIpc) is 3.02. The highest BCUT2D eigenvalue weighted by Gasteiger charge is 2.46. The Bertz CT molecular complexity index is 1570. The number of likely N-dealkylation sites (tertiary alicyclic amines) is 1. The number of carbonyl (C=O) groups is 1. The molecule has 3 atom stereocenters. The Morgan fingerprint density at radius 1 is 0.955 bits per heavy atom. The van der Waals surface area contributed by atoms with Gasteiger partial charge in [-0.05, 0) is 60.4 Å². The molecule has 4 aromatic rings. The predicted molar refractivity (Wildman–Crippen MR) is 174 cm³/mol. The van der Waals surface area contributed by atoms with Gasteiger partial charge in [-0.1, -0.05) is 91.0 Å². The van der Waals surface area contributed by atoms with Crippen molar-refractivity contribution < 1.29 is 13.9 Å². The Hall–Kier alpha value is -3.59. The highest BCUT2D eigenvalue weighted by Crippen LogP contribution is 2.55. The zero-order valence-corrected chi connectivity index (χ0v) is 26.7. The molecule has 0 radical (unpaired) electrons. The van der Waals surface area contributed by atoms with Crippen LogP contribution < -0.4 is 11.0 Å². The highest BCUT2D eigenvalue weighted by molar-refractivity contribution is 7.83. The summed E-state index contributed by atoms with van der Waals surface area (Å²) in [7, 11) is 3.24. The van der Waals surface area contributed by atoms with Gasteiger partial charge in [0.05, 0.1) is 18.2 Å². The van der Waals surface area contributed by atoms with Gasteiger partial charge >= 0.3 is 12.6 Å². The lowest BCUT2D eigenvalue weighted by Gasteiger charge is -2.51. The monoisotopic (exact) mass is 633 g/mol. The van der Waals surface area contributed by atoms with Gasteiger partial charge in [-0.2, -0.15) is 4.98 Å². The number of aromatic nitrogens is 2. The SMILES string of the molecule is CC(=O)Nc1ccn([C@@H]2CC(COP(=O)(Cl)N(C)C)CN(C(c3ccccc3)(c3ccccc3)c3ccccc3)C2)c(=O)n1. The molecule has 1 N–H and O–H groups in total. The second-order valence-electron chi connectivity index (χ2n) is 11.2. The summed E-state index contributed by atoms with van der Waals surface area (Å²) in [5, 5.41) is 2.59. The van der Waals surface area contributed by atoms with E-state index < -0.39 is 18.1 Å². The van der Waals surface area contributed by atoms with Crippen molar-refractivity contribution in [2.45, 2.75) is 24.9 Å². The van der Waals surface area contributed by atoms with E-state index in [4.69, 9.17) is 15.8 Å². The van der Waals surface area contributed by atoms with Crippen LogP contribution in [0.25, 0.3) is 0 Å². The standard InChI is InChI=1S/C33H37ClN5O4P/c1-25(40)35-31-19-20-39(32(41)36-31)30-21-26(24-43-44(34,42)37(2)3)22-38(23-30)33(27-13-7-4-8-14-27,28-15-9-5-10-16-28)29-17-11-6-12-18-29/h4-20,26,30H,21-24H2,1-3H3,(H,35,36,40,41)/t26?,30-,44?/m1/s1. The van der Waals surface area contributed by atoms with E-state index in [1.165, 1.54) is 11.6 Å². The van der Waals surface area contributed by atoms with Crippen LogP contribution in [0.2, 0.25) is 0 Å². The molecule has 0 aliphatic carbocycles. The van der Waals surface area contributed by atoms with E-state index in [1.54, 1.807) is 30.9 Å². The van der Waals surface area contributed by atoms with Crippen molar-refractivity contribution in [2.75, 3.05) is 39.1 Å². The maximum Gasteiger partial charge on any atom is 0.362 e. The molecule has 0 spiro atoms. The summed E-state index contributed by atoms with van der Waals surface area (Å²) in [5.41, 5.74) is 2.00. The van der Waals surface area contributed by atoms with Crippen LogP contribution >= 0.6 is 18.1 Å². The van der Waals surface area contributed by atoms with Crippen molar-refractivity contribution in [1.82, 2.24) is 19.1 Å². The molecule has 1 amide bonds. The second kappa shape index (κ2) is 13.6. The number of hydrogen-bond donors (Lipinski definition) is 1. The first-order valence-corrected chi connectivity index (χ1v) is 17.0. The van der Waals surface area contributed by atoms with Crippen LogP contribution in [0, 0.1) is 5.92 Å². The van der Waals surface area contributed by atoms with Crippen LogP contribution in [-0.2, 0) is 19.4 Å². The molecule has 1 aliphatic rings. The molecule has 2 heterocycles. The number of carbonyl (C=O) groups excluding carboxylic acids is 1. The van der Waals surface area contributed by atoms with Gasteiger partial charge in [0.25, 0.3) is 0 Å². The van der Waals surface area contributed by atoms with E-state index in [9.17, 15) is 14.2 Å². The first-order valence-electron chi connectivity index (χ1n) is 14.5. The Labute approximate surface area is 262 Å². The number of halogens is 1. The van der Waals surface area contributed by atoms with Crippen LogP contribution in [0.3, 0.4) is 0 Å². The lowest BCUT2D eigenvalue weighted by Crippen LogP contribution is -2.55. The molecule has 5 rings (SSSR count). The van der Waals surface area contributed by atoms with Gasteiger partial charge in [-0.3, -0.25) is 18.8 Å². The molecule has 11 heteroatoms. The Morgan fingerprint density at radius 2 is 1.48 bits per heavy atom. The van der Waals surface area contributed by atoms with E-state index in [-0.39, 0.29) is 30.3 Å². The van der Waals surface area contributed by atoms with Crippen LogP contribution in [0.4, 0.5) is 5.82 Å². The van der Waals surface area contributed by atoms with Gasteiger partial charge in [0.1, 0.15) is 5.82 Å². The Balaban J connectivity index is 1.67. The molecular weight excluding hydrogens is 597 g/mol. The third-order valence-electron chi connectivity index (χ3n) is 8.04. The van der Waals surface area contributed by atoms with Crippen molar-refractivity contribution in [2.24, 2.45) is 5.92 Å².